The van der Waals surface area contributed by atoms with Crippen molar-refractivity contribution in [1.82, 2.24) is 5.32 Å². The number of nitrogens with one attached hydrogen (secondary N) is 1. The Bertz CT molecular complexity index is 336. The van der Waals surface area contributed by atoms with Crippen molar-refractivity contribution in [3.8, 4) is 0 Å². The van der Waals surface area contributed by atoms with Gasteiger partial charge >= 0.3 is 0 Å². The standard InChI is InChI=1S/C12H18BrNO3/c1-2-4-14-11(10-8-15-6-7-16-10)12-9(13)3-5-17-12/h3,5,10-11,14H,2,4,6-8H2,1H3. The van der Waals surface area contributed by atoms with Crippen LogP contribution in [-0.4, -0.2) is 32.5 Å². The van der Waals surface area contributed by atoms with E-state index in [1.807, 2.05) is 6.07 Å². The first kappa shape index (κ1) is 13.1. The van der Waals surface area contributed by atoms with Gasteiger partial charge in [-0.05, 0) is 35.0 Å². The predicted octanol–water partition coefficient (Wildman–Crippen LogP) is 2.50. The smallest absolute Gasteiger partial charge is 0.137 e. The molecule has 0 bridgehead atoms. The molecule has 0 radical (unpaired) electrons. The zero-order valence-electron chi connectivity index (χ0n) is 9.95. The minimum Gasteiger partial charge on any atom is -0.466 e. The summed E-state index contributed by atoms with van der Waals surface area (Å²) in [4.78, 5) is 0. The molecule has 1 aliphatic heterocycles. The van der Waals surface area contributed by atoms with Gasteiger partial charge in [-0.1, -0.05) is 6.92 Å². The molecule has 2 unspecified atom stereocenters. The SMILES string of the molecule is CCCNC(c1occc1Br)C1COCCO1. The summed E-state index contributed by atoms with van der Waals surface area (Å²) in [6.45, 7) is 5.00. The maximum atomic E-state index is 5.75. The van der Waals surface area contributed by atoms with Gasteiger partial charge in [-0.2, -0.15) is 0 Å². The zero-order chi connectivity index (χ0) is 12.1. The Balaban J connectivity index is 2.09. The second kappa shape index (κ2) is 6.54. The van der Waals surface area contributed by atoms with Gasteiger partial charge in [-0.25, -0.2) is 0 Å². The predicted molar refractivity (Wildman–Crippen MR) is 68.0 cm³/mol. The molecule has 1 aromatic heterocycles. The van der Waals surface area contributed by atoms with Crippen LogP contribution < -0.4 is 5.32 Å². The Kier molecular flexibility index (Phi) is 5.03. The average molecular weight is 304 g/mol. The van der Waals surface area contributed by atoms with Gasteiger partial charge in [-0.15, -0.1) is 0 Å². The number of furan rings is 1. The molecule has 2 rings (SSSR count). The Morgan fingerprint density at radius 3 is 3.00 bits per heavy atom. The van der Waals surface area contributed by atoms with Crippen LogP contribution in [0.2, 0.25) is 0 Å². The Labute approximate surface area is 110 Å². The van der Waals surface area contributed by atoms with Gasteiger partial charge in [0.25, 0.3) is 0 Å². The summed E-state index contributed by atoms with van der Waals surface area (Å²) in [6, 6.07) is 1.94. The van der Waals surface area contributed by atoms with E-state index in [9.17, 15) is 0 Å². The maximum Gasteiger partial charge on any atom is 0.137 e. The van der Waals surface area contributed by atoms with Crippen LogP contribution in [0, 0.1) is 0 Å². The van der Waals surface area contributed by atoms with Gasteiger partial charge in [0.1, 0.15) is 11.9 Å². The monoisotopic (exact) mass is 303 g/mol. The molecule has 2 atom stereocenters. The molecule has 0 aliphatic carbocycles. The fraction of sp³-hybridized carbons (Fsp3) is 0.667. The summed E-state index contributed by atoms with van der Waals surface area (Å²) in [6.07, 6.45) is 2.77. The van der Waals surface area contributed by atoms with Gasteiger partial charge < -0.3 is 19.2 Å². The summed E-state index contributed by atoms with van der Waals surface area (Å²) in [7, 11) is 0. The summed E-state index contributed by atoms with van der Waals surface area (Å²) in [5.74, 6) is 0.883. The largest absolute Gasteiger partial charge is 0.466 e. The third kappa shape index (κ3) is 3.31. The highest BCUT2D eigenvalue weighted by Gasteiger charge is 2.29. The minimum atomic E-state index is 0.0118. The lowest BCUT2D eigenvalue weighted by Crippen LogP contribution is -2.40. The van der Waals surface area contributed by atoms with E-state index in [2.05, 4.69) is 28.2 Å². The Morgan fingerprint density at radius 2 is 2.41 bits per heavy atom. The van der Waals surface area contributed by atoms with E-state index < -0.39 is 0 Å². The van der Waals surface area contributed by atoms with E-state index in [4.69, 9.17) is 13.9 Å². The normalized spacial score (nSPS) is 22.6. The second-order valence-electron chi connectivity index (χ2n) is 4.05. The molecule has 1 aliphatic rings. The van der Waals surface area contributed by atoms with Crippen molar-refractivity contribution in [3.05, 3.63) is 22.6 Å². The number of hydrogen-bond donors (Lipinski definition) is 1. The second-order valence-corrected chi connectivity index (χ2v) is 4.90. The molecule has 0 aromatic carbocycles. The molecule has 2 heterocycles. The average Bonchev–Trinajstić information content (AvgIpc) is 2.78. The number of hydrogen-bond acceptors (Lipinski definition) is 4. The minimum absolute atomic E-state index is 0.0118. The molecule has 0 saturated carbocycles. The highest BCUT2D eigenvalue weighted by atomic mass is 79.9. The number of halogens is 1. The lowest BCUT2D eigenvalue weighted by atomic mass is 10.1. The van der Waals surface area contributed by atoms with Gasteiger partial charge in [-0.3, -0.25) is 0 Å². The first-order valence-corrected chi connectivity index (χ1v) is 6.78. The van der Waals surface area contributed by atoms with Crippen molar-refractivity contribution in [2.75, 3.05) is 26.4 Å². The van der Waals surface area contributed by atoms with Crippen molar-refractivity contribution in [2.45, 2.75) is 25.5 Å². The van der Waals surface area contributed by atoms with Gasteiger partial charge in [0.2, 0.25) is 0 Å². The van der Waals surface area contributed by atoms with Crippen LogP contribution in [0.25, 0.3) is 0 Å². The molecule has 1 aromatic rings. The summed E-state index contributed by atoms with van der Waals surface area (Å²) in [5.41, 5.74) is 0. The molecule has 0 amide bonds. The third-order valence-electron chi connectivity index (χ3n) is 2.75. The van der Waals surface area contributed by atoms with E-state index in [1.165, 1.54) is 0 Å². The molecule has 1 fully saturated rings. The summed E-state index contributed by atoms with van der Waals surface area (Å²) in [5, 5.41) is 3.45. The zero-order valence-corrected chi connectivity index (χ0v) is 11.5. The van der Waals surface area contributed by atoms with Crippen molar-refractivity contribution in [2.24, 2.45) is 0 Å². The van der Waals surface area contributed by atoms with Crippen LogP contribution in [-0.2, 0) is 9.47 Å². The first-order chi connectivity index (χ1) is 8.33. The van der Waals surface area contributed by atoms with E-state index in [-0.39, 0.29) is 12.1 Å². The van der Waals surface area contributed by atoms with Crippen LogP contribution in [0.5, 0.6) is 0 Å². The van der Waals surface area contributed by atoms with Crippen LogP contribution >= 0.6 is 15.9 Å². The Hall–Kier alpha value is -0.360. The molecule has 4 nitrogen and oxygen atoms in total. The number of ether oxygens (including phenoxy) is 2. The molecular formula is C12H18BrNO3. The van der Waals surface area contributed by atoms with E-state index in [1.54, 1.807) is 6.26 Å². The molecule has 0 spiro atoms. The fourth-order valence-electron chi connectivity index (χ4n) is 1.92. The quantitative estimate of drug-likeness (QED) is 0.908. The van der Waals surface area contributed by atoms with Gasteiger partial charge in [0, 0.05) is 0 Å². The van der Waals surface area contributed by atoms with Crippen molar-refractivity contribution in [3.63, 3.8) is 0 Å². The van der Waals surface area contributed by atoms with Crippen LogP contribution in [0.4, 0.5) is 0 Å². The van der Waals surface area contributed by atoms with Crippen LogP contribution in [0.3, 0.4) is 0 Å². The van der Waals surface area contributed by atoms with Crippen LogP contribution in [0.15, 0.2) is 21.2 Å². The summed E-state index contributed by atoms with van der Waals surface area (Å²) < 4.78 is 17.7. The lowest BCUT2D eigenvalue weighted by Gasteiger charge is -2.30. The van der Waals surface area contributed by atoms with E-state index in [0.717, 1.165) is 23.2 Å². The topological polar surface area (TPSA) is 43.6 Å². The van der Waals surface area contributed by atoms with E-state index in [0.29, 0.717) is 19.8 Å². The van der Waals surface area contributed by atoms with E-state index >= 15 is 0 Å². The van der Waals surface area contributed by atoms with Crippen molar-refractivity contribution >= 4 is 15.9 Å². The van der Waals surface area contributed by atoms with Gasteiger partial charge in [0.05, 0.1) is 36.6 Å². The first-order valence-electron chi connectivity index (χ1n) is 5.98. The molecule has 5 heteroatoms. The fourth-order valence-corrected chi connectivity index (χ4v) is 2.37. The molecular weight excluding hydrogens is 286 g/mol. The van der Waals surface area contributed by atoms with Crippen LogP contribution in [0.1, 0.15) is 25.1 Å². The highest BCUT2D eigenvalue weighted by Crippen LogP contribution is 2.29. The van der Waals surface area contributed by atoms with Crippen molar-refractivity contribution in [1.29, 1.82) is 0 Å². The number of rotatable bonds is 5. The van der Waals surface area contributed by atoms with Crippen molar-refractivity contribution < 1.29 is 13.9 Å². The summed E-state index contributed by atoms with van der Waals surface area (Å²) >= 11 is 3.50. The Morgan fingerprint density at radius 1 is 1.53 bits per heavy atom. The van der Waals surface area contributed by atoms with Gasteiger partial charge in [0.15, 0.2) is 0 Å². The maximum absolute atomic E-state index is 5.75. The lowest BCUT2D eigenvalue weighted by molar-refractivity contribution is -0.104. The third-order valence-corrected chi connectivity index (χ3v) is 3.41. The highest BCUT2D eigenvalue weighted by molar-refractivity contribution is 9.10. The molecule has 1 saturated heterocycles. The molecule has 1 N–H and O–H groups in total. The molecule has 96 valence electrons. The molecule has 17 heavy (non-hydrogen) atoms.